The third kappa shape index (κ3) is 5.07. The Hall–Kier alpha value is -3.30. The van der Waals surface area contributed by atoms with Crippen molar-refractivity contribution in [3.8, 4) is 10.6 Å². The number of benzene rings is 1. The molecule has 8 nitrogen and oxygen atoms in total. The van der Waals surface area contributed by atoms with Crippen LogP contribution in [0.3, 0.4) is 0 Å². The molecule has 0 atom stereocenters. The third-order valence-electron chi connectivity index (χ3n) is 4.70. The van der Waals surface area contributed by atoms with Gasteiger partial charge in [-0.2, -0.15) is 0 Å². The van der Waals surface area contributed by atoms with Crippen LogP contribution in [0.2, 0.25) is 0 Å². The van der Waals surface area contributed by atoms with Crippen LogP contribution < -0.4 is 10.2 Å². The number of pyridine rings is 1. The predicted molar refractivity (Wildman–Crippen MR) is 119 cm³/mol. The molecule has 0 spiro atoms. The first-order valence-corrected chi connectivity index (χ1v) is 10.8. The molecule has 1 aromatic carbocycles. The molecular formula is C22H22N4O4S. The Morgan fingerprint density at radius 2 is 2.06 bits per heavy atom. The molecule has 1 N–H and O–H groups in total. The molecule has 0 radical (unpaired) electrons. The van der Waals surface area contributed by atoms with Crippen molar-refractivity contribution in [1.82, 2.24) is 9.97 Å². The SMILES string of the molecule is CCOC(=O)c1cccc(NC(=O)c2csc(-c3ccnc(N4CCOCC4)c3)n2)c1. The number of anilines is 2. The van der Waals surface area contributed by atoms with Crippen molar-refractivity contribution in [1.29, 1.82) is 0 Å². The third-order valence-corrected chi connectivity index (χ3v) is 5.59. The smallest absolute Gasteiger partial charge is 0.338 e. The van der Waals surface area contributed by atoms with Gasteiger partial charge in [0.05, 0.1) is 25.4 Å². The molecule has 1 aliphatic heterocycles. The summed E-state index contributed by atoms with van der Waals surface area (Å²) in [5.74, 6) is 0.104. The Balaban J connectivity index is 1.47. The summed E-state index contributed by atoms with van der Waals surface area (Å²) in [6, 6.07) is 10.5. The zero-order chi connectivity index (χ0) is 21.6. The number of ether oxygens (including phenoxy) is 2. The van der Waals surface area contributed by atoms with E-state index in [1.54, 1.807) is 42.8 Å². The molecule has 0 bridgehead atoms. The number of hydrogen-bond acceptors (Lipinski definition) is 8. The van der Waals surface area contributed by atoms with Crippen LogP contribution in [0.4, 0.5) is 11.5 Å². The predicted octanol–water partition coefficient (Wildman–Crippen LogP) is 3.47. The summed E-state index contributed by atoms with van der Waals surface area (Å²) < 4.78 is 10.4. The molecule has 0 aliphatic carbocycles. The Morgan fingerprint density at radius 1 is 1.23 bits per heavy atom. The minimum absolute atomic E-state index is 0.291. The van der Waals surface area contributed by atoms with Crippen LogP contribution in [-0.2, 0) is 9.47 Å². The molecule has 9 heteroatoms. The van der Waals surface area contributed by atoms with Gasteiger partial charge in [0.2, 0.25) is 0 Å². The summed E-state index contributed by atoms with van der Waals surface area (Å²) in [6.45, 7) is 5.00. The molecule has 4 rings (SSSR count). The van der Waals surface area contributed by atoms with Crippen molar-refractivity contribution >= 4 is 34.7 Å². The number of nitrogens with one attached hydrogen (secondary N) is 1. The summed E-state index contributed by atoms with van der Waals surface area (Å²) in [7, 11) is 0. The van der Waals surface area contributed by atoms with E-state index in [1.165, 1.54) is 11.3 Å². The Kier molecular flexibility index (Phi) is 6.54. The molecule has 160 valence electrons. The summed E-state index contributed by atoms with van der Waals surface area (Å²) in [6.07, 6.45) is 1.75. The molecule has 3 aromatic rings. The Labute approximate surface area is 183 Å². The van der Waals surface area contributed by atoms with E-state index in [2.05, 4.69) is 20.2 Å². The van der Waals surface area contributed by atoms with Gasteiger partial charge in [-0.25, -0.2) is 14.8 Å². The van der Waals surface area contributed by atoms with E-state index in [-0.39, 0.29) is 5.91 Å². The lowest BCUT2D eigenvalue weighted by molar-refractivity contribution is 0.0526. The summed E-state index contributed by atoms with van der Waals surface area (Å²) in [5, 5.41) is 5.24. The van der Waals surface area contributed by atoms with Gasteiger partial charge in [0, 0.05) is 35.9 Å². The maximum absolute atomic E-state index is 12.7. The molecule has 3 heterocycles. The largest absolute Gasteiger partial charge is 0.462 e. The quantitative estimate of drug-likeness (QED) is 0.589. The van der Waals surface area contributed by atoms with Crippen LogP contribution >= 0.6 is 11.3 Å². The Bertz CT molecular complexity index is 1080. The Morgan fingerprint density at radius 3 is 2.87 bits per heavy atom. The van der Waals surface area contributed by atoms with Crippen LogP contribution in [0, 0.1) is 0 Å². The number of hydrogen-bond donors (Lipinski definition) is 1. The van der Waals surface area contributed by atoms with Gasteiger partial charge in [0.25, 0.3) is 5.91 Å². The van der Waals surface area contributed by atoms with Crippen molar-refractivity contribution in [3.63, 3.8) is 0 Å². The van der Waals surface area contributed by atoms with Gasteiger partial charge in [0.15, 0.2) is 0 Å². The standard InChI is InChI=1S/C22H22N4O4S/c1-2-30-22(28)16-4-3-5-17(12-16)24-20(27)18-14-31-21(25-18)15-6-7-23-19(13-15)26-8-10-29-11-9-26/h3-7,12-14H,2,8-11H2,1H3,(H,24,27). The summed E-state index contributed by atoms with van der Waals surface area (Å²) in [4.78, 5) is 35.7. The fourth-order valence-corrected chi connectivity index (χ4v) is 3.96. The minimum Gasteiger partial charge on any atom is -0.462 e. The lowest BCUT2D eigenvalue weighted by atomic mass is 10.2. The number of esters is 1. The van der Waals surface area contributed by atoms with Crippen molar-refractivity contribution < 1.29 is 19.1 Å². The van der Waals surface area contributed by atoms with Gasteiger partial charge in [-0.15, -0.1) is 11.3 Å². The van der Waals surface area contributed by atoms with Crippen molar-refractivity contribution in [2.75, 3.05) is 43.1 Å². The lowest BCUT2D eigenvalue weighted by Gasteiger charge is -2.27. The van der Waals surface area contributed by atoms with Crippen LogP contribution in [0.25, 0.3) is 10.6 Å². The molecule has 2 aromatic heterocycles. The van der Waals surface area contributed by atoms with E-state index >= 15 is 0 Å². The number of morpholine rings is 1. The molecule has 0 unspecified atom stereocenters. The van der Waals surface area contributed by atoms with Crippen molar-refractivity contribution in [2.45, 2.75) is 6.92 Å². The van der Waals surface area contributed by atoms with Crippen LogP contribution in [0.1, 0.15) is 27.8 Å². The van der Waals surface area contributed by atoms with Crippen LogP contribution in [-0.4, -0.2) is 54.8 Å². The highest BCUT2D eigenvalue weighted by Gasteiger charge is 2.16. The first-order valence-electron chi connectivity index (χ1n) is 9.97. The molecule has 31 heavy (non-hydrogen) atoms. The van der Waals surface area contributed by atoms with Gasteiger partial charge in [-0.1, -0.05) is 6.07 Å². The summed E-state index contributed by atoms with van der Waals surface area (Å²) >= 11 is 1.39. The van der Waals surface area contributed by atoms with E-state index in [4.69, 9.17) is 9.47 Å². The van der Waals surface area contributed by atoms with E-state index in [1.807, 2.05) is 12.1 Å². The average Bonchev–Trinajstić information content (AvgIpc) is 3.31. The van der Waals surface area contributed by atoms with Gasteiger partial charge in [-0.05, 0) is 37.3 Å². The zero-order valence-electron chi connectivity index (χ0n) is 17.0. The fourth-order valence-electron chi connectivity index (χ4n) is 3.16. The number of rotatable bonds is 6. The number of carbonyl (C=O) groups excluding carboxylic acids is 2. The highest BCUT2D eigenvalue weighted by atomic mass is 32.1. The van der Waals surface area contributed by atoms with Crippen LogP contribution in [0.15, 0.2) is 48.0 Å². The van der Waals surface area contributed by atoms with Crippen molar-refractivity contribution in [2.24, 2.45) is 0 Å². The molecule has 1 aliphatic rings. The lowest BCUT2D eigenvalue weighted by Crippen LogP contribution is -2.36. The van der Waals surface area contributed by atoms with E-state index in [9.17, 15) is 9.59 Å². The molecule has 0 saturated carbocycles. The maximum atomic E-state index is 12.7. The molecule has 1 saturated heterocycles. The van der Waals surface area contributed by atoms with Crippen LogP contribution in [0.5, 0.6) is 0 Å². The van der Waals surface area contributed by atoms with E-state index < -0.39 is 5.97 Å². The van der Waals surface area contributed by atoms with Gasteiger partial charge >= 0.3 is 5.97 Å². The number of amides is 1. The number of nitrogens with zero attached hydrogens (tertiary/aromatic N) is 3. The second-order valence-corrected chi connectivity index (χ2v) is 7.65. The normalized spacial score (nSPS) is 13.6. The topological polar surface area (TPSA) is 93.6 Å². The van der Waals surface area contributed by atoms with E-state index in [0.29, 0.717) is 36.8 Å². The maximum Gasteiger partial charge on any atom is 0.338 e. The summed E-state index contributed by atoms with van der Waals surface area (Å²) in [5.41, 5.74) is 2.10. The monoisotopic (exact) mass is 438 g/mol. The second-order valence-electron chi connectivity index (χ2n) is 6.80. The number of carbonyl (C=O) groups is 2. The minimum atomic E-state index is -0.427. The van der Waals surface area contributed by atoms with Crippen molar-refractivity contribution in [3.05, 3.63) is 59.2 Å². The number of thiazole rings is 1. The number of aromatic nitrogens is 2. The fraction of sp³-hybridized carbons (Fsp3) is 0.273. The highest BCUT2D eigenvalue weighted by molar-refractivity contribution is 7.13. The zero-order valence-corrected chi connectivity index (χ0v) is 17.9. The van der Waals surface area contributed by atoms with Gasteiger partial charge in [0.1, 0.15) is 16.5 Å². The van der Waals surface area contributed by atoms with Gasteiger partial charge in [-0.3, -0.25) is 4.79 Å². The highest BCUT2D eigenvalue weighted by Crippen LogP contribution is 2.27. The van der Waals surface area contributed by atoms with Gasteiger partial charge < -0.3 is 19.7 Å². The molecular weight excluding hydrogens is 416 g/mol. The molecule has 1 amide bonds. The second kappa shape index (κ2) is 9.67. The molecule has 1 fully saturated rings. The van der Waals surface area contributed by atoms with E-state index in [0.717, 1.165) is 29.5 Å². The average molecular weight is 439 g/mol. The first-order chi connectivity index (χ1) is 15.1. The first kappa shape index (κ1) is 21.0.